The van der Waals surface area contributed by atoms with Crippen molar-refractivity contribution in [3.8, 4) is 0 Å². The molecule has 3 nitrogen and oxygen atoms in total. The molecule has 0 saturated heterocycles. The van der Waals surface area contributed by atoms with E-state index in [0.717, 1.165) is 0 Å². The molecular formula is C12H10Cl2FN3. The number of nitrogens with one attached hydrogen (secondary N) is 1. The summed E-state index contributed by atoms with van der Waals surface area (Å²) in [5, 5.41) is 3.50. The van der Waals surface area contributed by atoms with Crippen molar-refractivity contribution in [1.82, 2.24) is 9.97 Å². The lowest BCUT2D eigenvalue weighted by atomic mass is 10.3. The first-order valence-electron chi connectivity index (χ1n) is 5.34. The number of aromatic nitrogens is 2. The number of hydrogen-bond donors (Lipinski definition) is 1. The largest absolute Gasteiger partial charge is 0.338 e. The van der Waals surface area contributed by atoms with Crippen molar-refractivity contribution in [2.75, 3.05) is 5.32 Å². The summed E-state index contributed by atoms with van der Waals surface area (Å²) in [6.07, 6.45) is 0.651. The van der Waals surface area contributed by atoms with Crippen LogP contribution in [0.2, 0.25) is 10.2 Å². The van der Waals surface area contributed by atoms with Crippen molar-refractivity contribution in [3.63, 3.8) is 0 Å². The maximum Gasteiger partial charge on any atom is 0.148 e. The average molecular weight is 286 g/mol. The molecule has 0 aliphatic heterocycles. The number of benzene rings is 1. The van der Waals surface area contributed by atoms with Crippen LogP contribution in [0.25, 0.3) is 0 Å². The van der Waals surface area contributed by atoms with Crippen LogP contribution in [0.1, 0.15) is 12.7 Å². The fourth-order valence-electron chi connectivity index (χ4n) is 1.42. The first-order valence-corrected chi connectivity index (χ1v) is 6.09. The standard InChI is InChI=1S/C12H10Cl2FN3/c1-2-11-17-10(14)6-12(18-11)16-9-4-3-7(13)5-8(9)15/h3-6H,2H2,1H3,(H,16,17,18). The van der Waals surface area contributed by atoms with Gasteiger partial charge in [0.15, 0.2) is 0 Å². The van der Waals surface area contributed by atoms with Crippen LogP contribution in [0.5, 0.6) is 0 Å². The van der Waals surface area contributed by atoms with Gasteiger partial charge in [-0.25, -0.2) is 14.4 Å². The van der Waals surface area contributed by atoms with Gasteiger partial charge in [0.05, 0.1) is 5.69 Å². The topological polar surface area (TPSA) is 37.8 Å². The lowest BCUT2D eigenvalue weighted by Crippen LogP contribution is -2.00. The zero-order valence-corrected chi connectivity index (χ0v) is 11.1. The highest BCUT2D eigenvalue weighted by molar-refractivity contribution is 6.30. The van der Waals surface area contributed by atoms with Gasteiger partial charge in [-0.1, -0.05) is 30.1 Å². The maximum absolute atomic E-state index is 13.6. The lowest BCUT2D eigenvalue weighted by molar-refractivity contribution is 0.632. The smallest absolute Gasteiger partial charge is 0.148 e. The molecule has 0 aliphatic rings. The molecular weight excluding hydrogens is 276 g/mol. The molecule has 1 N–H and O–H groups in total. The van der Waals surface area contributed by atoms with Gasteiger partial charge < -0.3 is 5.32 Å². The average Bonchev–Trinajstić information content (AvgIpc) is 2.32. The van der Waals surface area contributed by atoms with Crippen LogP contribution >= 0.6 is 23.2 Å². The summed E-state index contributed by atoms with van der Waals surface area (Å²) in [7, 11) is 0. The van der Waals surface area contributed by atoms with E-state index in [4.69, 9.17) is 23.2 Å². The van der Waals surface area contributed by atoms with Crippen molar-refractivity contribution in [2.45, 2.75) is 13.3 Å². The van der Waals surface area contributed by atoms with Crippen LogP contribution in [0.3, 0.4) is 0 Å². The molecule has 0 unspecified atom stereocenters. The summed E-state index contributed by atoms with van der Waals surface area (Å²) < 4.78 is 13.6. The highest BCUT2D eigenvalue weighted by Crippen LogP contribution is 2.23. The van der Waals surface area contributed by atoms with Gasteiger partial charge in [-0.3, -0.25) is 0 Å². The van der Waals surface area contributed by atoms with E-state index in [1.54, 1.807) is 12.1 Å². The molecule has 0 amide bonds. The second-order valence-electron chi connectivity index (χ2n) is 3.59. The molecule has 0 fully saturated rings. The van der Waals surface area contributed by atoms with Gasteiger partial charge >= 0.3 is 0 Å². The SMILES string of the molecule is CCc1nc(Cl)cc(Nc2ccc(Cl)cc2F)n1. The summed E-state index contributed by atoms with van der Waals surface area (Å²) in [6.45, 7) is 1.91. The Morgan fingerprint density at radius 2 is 2.00 bits per heavy atom. The molecule has 2 rings (SSSR count). The van der Waals surface area contributed by atoms with Crippen LogP contribution in [-0.2, 0) is 6.42 Å². The molecule has 1 heterocycles. The molecule has 1 aromatic heterocycles. The molecule has 94 valence electrons. The highest BCUT2D eigenvalue weighted by atomic mass is 35.5. The van der Waals surface area contributed by atoms with Gasteiger partial charge in [0.1, 0.15) is 22.6 Å². The number of nitrogens with zero attached hydrogens (tertiary/aromatic N) is 2. The maximum atomic E-state index is 13.6. The van der Waals surface area contributed by atoms with Gasteiger partial charge in [0, 0.05) is 17.5 Å². The third-order valence-corrected chi connectivity index (χ3v) is 2.68. The van der Waals surface area contributed by atoms with Crippen molar-refractivity contribution in [2.24, 2.45) is 0 Å². The van der Waals surface area contributed by atoms with Crippen molar-refractivity contribution in [3.05, 3.63) is 46.1 Å². The van der Waals surface area contributed by atoms with Gasteiger partial charge in [0.25, 0.3) is 0 Å². The predicted octanol–water partition coefficient (Wildman–Crippen LogP) is 4.23. The summed E-state index contributed by atoms with van der Waals surface area (Å²) in [5.74, 6) is 0.600. The number of aryl methyl sites for hydroxylation is 1. The zero-order chi connectivity index (χ0) is 13.1. The minimum atomic E-state index is -0.449. The second-order valence-corrected chi connectivity index (χ2v) is 4.42. The molecule has 0 aliphatic carbocycles. The van der Waals surface area contributed by atoms with E-state index < -0.39 is 5.82 Å². The van der Waals surface area contributed by atoms with E-state index in [1.807, 2.05) is 6.92 Å². The van der Waals surface area contributed by atoms with Crippen LogP contribution < -0.4 is 5.32 Å². The van der Waals surface area contributed by atoms with Crippen molar-refractivity contribution in [1.29, 1.82) is 0 Å². The monoisotopic (exact) mass is 285 g/mol. The summed E-state index contributed by atoms with van der Waals surface area (Å²) in [5.41, 5.74) is 0.288. The van der Waals surface area contributed by atoms with E-state index >= 15 is 0 Å². The number of rotatable bonds is 3. The second kappa shape index (κ2) is 5.50. The van der Waals surface area contributed by atoms with Crippen molar-refractivity contribution < 1.29 is 4.39 Å². The molecule has 0 radical (unpaired) electrons. The Labute approximate surface area is 114 Å². The summed E-state index contributed by atoms with van der Waals surface area (Å²) in [4.78, 5) is 8.23. The molecule has 18 heavy (non-hydrogen) atoms. The van der Waals surface area contributed by atoms with Crippen LogP contribution in [0, 0.1) is 5.82 Å². The fraction of sp³-hybridized carbons (Fsp3) is 0.167. The summed E-state index contributed by atoms with van der Waals surface area (Å²) in [6, 6.07) is 5.90. The minimum Gasteiger partial charge on any atom is -0.338 e. The quantitative estimate of drug-likeness (QED) is 0.858. The normalized spacial score (nSPS) is 10.4. The Balaban J connectivity index is 2.30. The number of halogens is 3. The van der Waals surface area contributed by atoms with E-state index in [-0.39, 0.29) is 5.69 Å². The Kier molecular flexibility index (Phi) is 3.99. The number of hydrogen-bond acceptors (Lipinski definition) is 3. The highest BCUT2D eigenvalue weighted by Gasteiger charge is 2.06. The van der Waals surface area contributed by atoms with E-state index in [0.29, 0.717) is 28.2 Å². The Morgan fingerprint density at radius 1 is 1.22 bits per heavy atom. The first-order chi connectivity index (χ1) is 8.58. The van der Waals surface area contributed by atoms with Crippen LogP contribution in [-0.4, -0.2) is 9.97 Å². The van der Waals surface area contributed by atoms with Crippen LogP contribution in [0.4, 0.5) is 15.9 Å². The molecule has 0 bridgehead atoms. The van der Waals surface area contributed by atoms with Gasteiger partial charge in [-0.05, 0) is 18.2 Å². The predicted molar refractivity (Wildman–Crippen MR) is 71.1 cm³/mol. The molecule has 0 saturated carbocycles. The fourth-order valence-corrected chi connectivity index (χ4v) is 1.78. The van der Waals surface area contributed by atoms with Crippen LogP contribution in [0.15, 0.2) is 24.3 Å². The Bertz CT molecular complexity index is 575. The Hall–Kier alpha value is -1.39. The van der Waals surface area contributed by atoms with Gasteiger partial charge in [0.2, 0.25) is 0 Å². The van der Waals surface area contributed by atoms with E-state index in [9.17, 15) is 4.39 Å². The van der Waals surface area contributed by atoms with E-state index in [1.165, 1.54) is 12.1 Å². The molecule has 6 heteroatoms. The Morgan fingerprint density at radius 3 is 2.67 bits per heavy atom. The molecule has 2 aromatic rings. The lowest BCUT2D eigenvalue weighted by Gasteiger charge is -2.08. The molecule has 0 atom stereocenters. The van der Waals surface area contributed by atoms with E-state index in [2.05, 4.69) is 15.3 Å². The molecule has 0 spiro atoms. The molecule has 1 aromatic carbocycles. The first kappa shape index (κ1) is 13.1. The van der Waals surface area contributed by atoms with Crippen molar-refractivity contribution >= 4 is 34.7 Å². The third-order valence-electron chi connectivity index (χ3n) is 2.25. The van der Waals surface area contributed by atoms with Gasteiger partial charge in [-0.2, -0.15) is 0 Å². The third kappa shape index (κ3) is 3.09. The zero-order valence-electron chi connectivity index (χ0n) is 9.54. The summed E-state index contributed by atoms with van der Waals surface area (Å²) >= 11 is 11.5. The van der Waals surface area contributed by atoms with Gasteiger partial charge in [-0.15, -0.1) is 0 Å². The minimum absolute atomic E-state index is 0.288. The number of anilines is 2.